The third-order valence-corrected chi connectivity index (χ3v) is 4.42. The van der Waals surface area contributed by atoms with Gasteiger partial charge in [0.1, 0.15) is 5.75 Å². The Bertz CT molecular complexity index is 450. The van der Waals surface area contributed by atoms with Crippen molar-refractivity contribution in [3.63, 3.8) is 0 Å². The summed E-state index contributed by atoms with van der Waals surface area (Å²) >= 11 is 0. The van der Waals surface area contributed by atoms with Gasteiger partial charge in [-0.05, 0) is 62.5 Å². The Morgan fingerprint density at radius 2 is 1.95 bits per heavy atom. The lowest BCUT2D eigenvalue weighted by molar-refractivity contribution is -0.121. The van der Waals surface area contributed by atoms with Gasteiger partial charge in [-0.2, -0.15) is 0 Å². The van der Waals surface area contributed by atoms with Crippen LogP contribution in [0.1, 0.15) is 37.7 Å². The molecule has 1 amide bonds. The van der Waals surface area contributed by atoms with Crippen molar-refractivity contribution in [2.24, 2.45) is 11.7 Å². The Kier molecular flexibility index (Phi) is 5.62. The normalized spacial score (nSPS) is 18.4. The second-order valence-electron chi connectivity index (χ2n) is 5.83. The van der Waals surface area contributed by atoms with Crippen LogP contribution in [0.5, 0.6) is 5.75 Å². The Morgan fingerprint density at radius 1 is 1.33 bits per heavy atom. The van der Waals surface area contributed by atoms with Crippen molar-refractivity contribution in [1.29, 1.82) is 0 Å². The number of benzene rings is 1. The first-order valence-electron chi connectivity index (χ1n) is 7.81. The molecule has 0 aliphatic carbocycles. The first-order valence-corrected chi connectivity index (χ1v) is 7.81. The predicted molar refractivity (Wildman–Crippen MR) is 84.4 cm³/mol. The van der Waals surface area contributed by atoms with Crippen LogP contribution in [-0.2, 0) is 4.79 Å². The SMILES string of the molecule is CCCN1CCC(C(C(N)=O)c2ccc(OC)cc2)CC1. The summed E-state index contributed by atoms with van der Waals surface area (Å²) in [7, 11) is 1.64. The molecular formula is C17H26N2O2. The molecule has 1 atom stereocenters. The molecule has 1 aromatic carbocycles. The van der Waals surface area contributed by atoms with Gasteiger partial charge in [0.25, 0.3) is 0 Å². The standard InChI is InChI=1S/C17H26N2O2/c1-3-10-19-11-8-14(9-12-19)16(17(18)20)13-4-6-15(21-2)7-5-13/h4-7,14,16H,3,8-12H2,1-2H3,(H2,18,20). The zero-order valence-electron chi connectivity index (χ0n) is 13.0. The number of nitrogens with zero attached hydrogens (tertiary/aromatic N) is 1. The van der Waals surface area contributed by atoms with Crippen molar-refractivity contribution in [2.45, 2.75) is 32.1 Å². The molecule has 0 saturated carbocycles. The summed E-state index contributed by atoms with van der Waals surface area (Å²) in [5.41, 5.74) is 6.69. The van der Waals surface area contributed by atoms with Gasteiger partial charge in [0.2, 0.25) is 5.91 Å². The summed E-state index contributed by atoms with van der Waals surface area (Å²) in [6.45, 7) is 5.49. The van der Waals surface area contributed by atoms with Gasteiger partial charge in [-0.15, -0.1) is 0 Å². The number of carbonyl (C=O) groups is 1. The van der Waals surface area contributed by atoms with Crippen molar-refractivity contribution >= 4 is 5.91 Å². The van der Waals surface area contributed by atoms with Crippen LogP contribution in [0.15, 0.2) is 24.3 Å². The zero-order chi connectivity index (χ0) is 15.2. The minimum absolute atomic E-state index is 0.181. The van der Waals surface area contributed by atoms with E-state index in [1.165, 1.54) is 6.42 Å². The molecule has 4 nitrogen and oxygen atoms in total. The summed E-state index contributed by atoms with van der Waals surface area (Å²) in [6.07, 6.45) is 3.27. The van der Waals surface area contributed by atoms with Crippen molar-refractivity contribution in [3.05, 3.63) is 29.8 Å². The Hall–Kier alpha value is -1.55. The van der Waals surface area contributed by atoms with Crippen LogP contribution < -0.4 is 10.5 Å². The van der Waals surface area contributed by atoms with E-state index in [9.17, 15) is 4.79 Å². The third kappa shape index (κ3) is 3.97. The van der Waals surface area contributed by atoms with E-state index in [0.29, 0.717) is 5.92 Å². The number of methoxy groups -OCH3 is 1. The molecule has 1 aliphatic rings. The van der Waals surface area contributed by atoms with Crippen molar-refractivity contribution in [1.82, 2.24) is 4.90 Å². The first-order chi connectivity index (χ1) is 10.2. The van der Waals surface area contributed by atoms with Crippen LogP contribution in [0.2, 0.25) is 0 Å². The maximum Gasteiger partial charge on any atom is 0.225 e. The molecule has 1 unspecified atom stereocenters. The Balaban J connectivity index is 2.07. The van der Waals surface area contributed by atoms with Crippen LogP contribution in [0.4, 0.5) is 0 Å². The number of carbonyl (C=O) groups excluding carboxylic acids is 1. The van der Waals surface area contributed by atoms with Gasteiger partial charge in [-0.25, -0.2) is 0 Å². The Morgan fingerprint density at radius 3 is 2.43 bits per heavy atom. The number of hydrogen-bond acceptors (Lipinski definition) is 3. The van der Waals surface area contributed by atoms with Gasteiger partial charge < -0.3 is 15.4 Å². The summed E-state index contributed by atoms with van der Waals surface area (Å²) in [5, 5.41) is 0. The van der Waals surface area contributed by atoms with Gasteiger partial charge in [-0.1, -0.05) is 19.1 Å². The molecule has 0 bridgehead atoms. The number of amides is 1. The summed E-state index contributed by atoms with van der Waals surface area (Å²) < 4.78 is 5.17. The van der Waals surface area contributed by atoms with Crippen LogP contribution in [-0.4, -0.2) is 37.6 Å². The van der Waals surface area contributed by atoms with Gasteiger partial charge in [0, 0.05) is 0 Å². The van der Waals surface area contributed by atoms with Crippen LogP contribution in [0, 0.1) is 5.92 Å². The number of likely N-dealkylation sites (tertiary alicyclic amines) is 1. The smallest absolute Gasteiger partial charge is 0.225 e. The molecule has 4 heteroatoms. The molecule has 1 aromatic rings. The van der Waals surface area contributed by atoms with Crippen molar-refractivity contribution in [3.8, 4) is 5.75 Å². The van der Waals surface area contributed by atoms with E-state index < -0.39 is 0 Å². The predicted octanol–water partition coefficient (Wildman–Crippen LogP) is 2.39. The molecule has 1 aliphatic heterocycles. The molecule has 1 saturated heterocycles. The van der Waals surface area contributed by atoms with Crippen LogP contribution in [0.25, 0.3) is 0 Å². The molecule has 0 aromatic heterocycles. The maximum atomic E-state index is 11.9. The fourth-order valence-corrected chi connectivity index (χ4v) is 3.31. The molecule has 2 rings (SSSR count). The largest absolute Gasteiger partial charge is 0.497 e. The molecule has 1 fully saturated rings. The lowest BCUT2D eigenvalue weighted by Crippen LogP contribution is -2.39. The van der Waals surface area contributed by atoms with Crippen molar-refractivity contribution < 1.29 is 9.53 Å². The lowest BCUT2D eigenvalue weighted by Gasteiger charge is -2.35. The average Bonchev–Trinajstić information content (AvgIpc) is 2.50. The second kappa shape index (κ2) is 7.46. The number of rotatable bonds is 6. The topological polar surface area (TPSA) is 55.6 Å². The number of piperidine rings is 1. The molecule has 116 valence electrons. The monoisotopic (exact) mass is 290 g/mol. The maximum absolute atomic E-state index is 11.9. The molecule has 21 heavy (non-hydrogen) atoms. The average molecular weight is 290 g/mol. The minimum atomic E-state index is -0.214. The number of ether oxygens (including phenoxy) is 1. The molecule has 2 N–H and O–H groups in total. The van der Waals surface area contributed by atoms with Gasteiger partial charge in [-0.3, -0.25) is 4.79 Å². The van der Waals surface area contributed by atoms with E-state index in [-0.39, 0.29) is 11.8 Å². The summed E-state index contributed by atoms with van der Waals surface area (Å²) in [5.74, 6) is 0.762. The van der Waals surface area contributed by atoms with Gasteiger partial charge >= 0.3 is 0 Å². The highest BCUT2D eigenvalue weighted by Crippen LogP contribution is 2.33. The lowest BCUT2D eigenvalue weighted by atomic mass is 9.79. The van der Waals surface area contributed by atoms with Crippen molar-refractivity contribution in [2.75, 3.05) is 26.7 Å². The highest BCUT2D eigenvalue weighted by molar-refractivity contribution is 5.82. The van der Waals surface area contributed by atoms with E-state index in [4.69, 9.17) is 10.5 Å². The third-order valence-electron chi connectivity index (χ3n) is 4.42. The number of hydrogen-bond donors (Lipinski definition) is 1. The van der Waals surface area contributed by atoms with Gasteiger partial charge in [0.05, 0.1) is 13.0 Å². The Labute approximate surface area is 127 Å². The minimum Gasteiger partial charge on any atom is -0.497 e. The highest BCUT2D eigenvalue weighted by atomic mass is 16.5. The van der Waals surface area contributed by atoms with Crippen LogP contribution >= 0.6 is 0 Å². The second-order valence-corrected chi connectivity index (χ2v) is 5.83. The summed E-state index contributed by atoms with van der Waals surface area (Å²) in [4.78, 5) is 14.4. The van der Waals surface area contributed by atoms with E-state index in [1.54, 1.807) is 7.11 Å². The van der Waals surface area contributed by atoms with E-state index in [1.807, 2.05) is 24.3 Å². The zero-order valence-corrected chi connectivity index (χ0v) is 13.0. The number of nitrogens with two attached hydrogens (primary N) is 1. The molecular weight excluding hydrogens is 264 g/mol. The highest BCUT2D eigenvalue weighted by Gasteiger charge is 2.31. The molecule has 0 spiro atoms. The number of primary amides is 1. The summed E-state index contributed by atoms with van der Waals surface area (Å²) in [6, 6.07) is 7.73. The van der Waals surface area contributed by atoms with E-state index in [2.05, 4.69) is 11.8 Å². The molecule has 0 radical (unpaired) electrons. The quantitative estimate of drug-likeness (QED) is 0.875. The van der Waals surface area contributed by atoms with E-state index in [0.717, 1.165) is 43.8 Å². The fourth-order valence-electron chi connectivity index (χ4n) is 3.31. The van der Waals surface area contributed by atoms with E-state index >= 15 is 0 Å². The fraction of sp³-hybridized carbons (Fsp3) is 0.588. The van der Waals surface area contributed by atoms with Gasteiger partial charge in [0.15, 0.2) is 0 Å². The molecule has 1 heterocycles. The first kappa shape index (κ1) is 15.8. The van der Waals surface area contributed by atoms with Crippen LogP contribution in [0.3, 0.4) is 0 Å².